The van der Waals surface area contributed by atoms with E-state index in [-0.39, 0.29) is 5.97 Å². The van der Waals surface area contributed by atoms with E-state index in [0.717, 1.165) is 6.54 Å². The number of carbonyl (C=O) groups excluding carboxylic acids is 1. The molecule has 4 nitrogen and oxygen atoms in total. The monoisotopic (exact) mass is 296 g/mol. The Morgan fingerprint density at radius 3 is 2.35 bits per heavy atom. The summed E-state index contributed by atoms with van der Waals surface area (Å²) in [7, 11) is -6.00. The average Bonchev–Trinajstić information content (AvgIpc) is 2.74. The van der Waals surface area contributed by atoms with E-state index in [1.165, 1.54) is 0 Å². The SMILES string of the molecule is C=C(C)C(=O)OCC[n+]1ccn(CC)c1.F[B-](F)(F)F. The van der Waals surface area contributed by atoms with Crippen LogP contribution in [0.15, 0.2) is 30.9 Å². The molecule has 0 aliphatic rings. The van der Waals surface area contributed by atoms with Crippen LogP contribution in [0.1, 0.15) is 13.8 Å². The first-order chi connectivity index (χ1) is 9.13. The Morgan fingerprint density at radius 1 is 1.40 bits per heavy atom. The number of rotatable bonds is 5. The third-order valence-electron chi connectivity index (χ3n) is 2.04. The molecule has 1 heterocycles. The summed E-state index contributed by atoms with van der Waals surface area (Å²) in [6.45, 7) is 9.22. The third-order valence-corrected chi connectivity index (χ3v) is 2.04. The molecule has 20 heavy (non-hydrogen) atoms. The van der Waals surface area contributed by atoms with Gasteiger partial charge in [-0.2, -0.15) is 0 Å². The van der Waals surface area contributed by atoms with Crippen molar-refractivity contribution < 1.29 is 31.4 Å². The largest absolute Gasteiger partial charge is 0.673 e. The van der Waals surface area contributed by atoms with Gasteiger partial charge in [-0.1, -0.05) is 6.58 Å². The Hall–Kier alpha value is -1.80. The fourth-order valence-corrected chi connectivity index (χ4v) is 1.13. The molecular formula is C11H17BF4N2O2. The van der Waals surface area contributed by atoms with Gasteiger partial charge in [0.15, 0.2) is 0 Å². The first-order valence-electron chi connectivity index (χ1n) is 5.88. The fraction of sp³-hybridized carbons (Fsp3) is 0.455. The van der Waals surface area contributed by atoms with E-state index in [2.05, 4.69) is 18.1 Å². The molecule has 0 N–H and O–H groups in total. The molecule has 0 radical (unpaired) electrons. The first kappa shape index (κ1) is 18.2. The lowest BCUT2D eigenvalue weighted by molar-refractivity contribution is -0.697. The fourth-order valence-electron chi connectivity index (χ4n) is 1.13. The first-order valence-corrected chi connectivity index (χ1v) is 5.88. The molecule has 0 saturated heterocycles. The van der Waals surface area contributed by atoms with Crippen molar-refractivity contribution in [3.63, 3.8) is 0 Å². The topological polar surface area (TPSA) is 35.1 Å². The summed E-state index contributed by atoms with van der Waals surface area (Å²) < 4.78 is 48.0. The van der Waals surface area contributed by atoms with E-state index in [1.54, 1.807) is 6.92 Å². The van der Waals surface area contributed by atoms with Gasteiger partial charge in [0.05, 0.1) is 6.54 Å². The van der Waals surface area contributed by atoms with Crippen LogP contribution in [0.3, 0.4) is 0 Å². The summed E-state index contributed by atoms with van der Waals surface area (Å²) in [6.07, 6.45) is 5.92. The molecule has 0 aliphatic heterocycles. The van der Waals surface area contributed by atoms with Crippen LogP contribution < -0.4 is 4.57 Å². The summed E-state index contributed by atoms with van der Waals surface area (Å²) in [4.78, 5) is 11.1. The van der Waals surface area contributed by atoms with E-state index >= 15 is 0 Å². The summed E-state index contributed by atoms with van der Waals surface area (Å²) >= 11 is 0. The molecule has 1 rings (SSSR count). The van der Waals surface area contributed by atoms with Gasteiger partial charge in [0.25, 0.3) is 0 Å². The molecule has 0 bridgehead atoms. The maximum Gasteiger partial charge on any atom is 0.673 e. The standard InChI is InChI=1S/C11H17N2O2.BF4/c1-4-12-5-6-13(9-12)7-8-15-11(14)10(2)3;2-1(3,4)5/h5-6,9H,2,4,7-8H2,1,3H3;/q+1;-1. The number of aryl methyl sites for hydroxylation is 1. The second-order valence-corrected chi connectivity index (χ2v) is 3.89. The highest BCUT2D eigenvalue weighted by Crippen LogP contribution is 2.06. The van der Waals surface area contributed by atoms with E-state index in [9.17, 15) is 22.1 Å². The van der Waals surface area contributed by atoms with E-state index < -0.39 is 7.25 Å². The van der Waals surface area contributed by atoms with Crippen molar-refractivity contribution in [2.24, 2.45) is 0 Å². The van der Waals surface area contributed by atoms with Gasteiger partial charge >= 0.3 is 13.2 Å². The van der Waals surface area contributed by atoms with Crippen molar-refractivity contribution in [3.8, 4) is 0 Å². The highest BCUT2D eigenvalue weighted by atomic mass is 19.5. The molecular weight excluding hydrogens is 279 g/mol. The van der Waals surface area contributed by atoms with Gasteiger partial charge in [0, 0.05) is 5.57 Å². The highest BCUT2D eigenvalue weighted by Gasteiger charge is 2.20. The van der Waals surface area contributed by atoms with Gasteiger partial charge in [-0.15, -0.1) is 0 Å². The second kappa shape index (κ2) is 8.39. The predicted molar refractivity (Wildman–Crippen MR) is 66.3 cm³/mol. The van der Waals surface area contributed by atoms with Crippen LogP contribution in [0, 0.1) is 0 Å². The molecule has 0 spiro atoms. The quantitative estimate of drug-likeness (QED) is 0.274. The van der Waals surface area contributed by atoms with Crippen LogP contribution in [0.2, 0.25) is 0 Å². The van der Waals surface area contributed by atoms with Gasteiger partial charge in [-0.3, -0.25) is 0 Å². The molecule has 0 aliphatic carbocycles. The van der Waals surface area contributed by atoms with Crippen LogP contribution in [0.25, 0.3) is 0 Å². The minimum atomic E-state index is -6.00. The van der Waals surface area contributed by atoms with E-state index in [0.29, 0.717) is 18.7 Å². The van der Waals surface area contributed by atoms with Crippen LogP contribution >= 0.6 is 0 Å². The van der Waals surface area contributed by atoms with Gasteiger partial charge in [-0.25, -0.2) is 13.9 Å². The van der Waals surface area contributed by atoms with E-state index in [1.807, 2.05) is 23.3 Å². The Morgan fingerprint density at radius 2 is 1.95 bits per heavy atom. The Balaban J connectivity index is 0.000000621. The smallest absolute Gasteiger partial charge is 0.458 e. The number of hydrogen-bond acceptors (Lipinski definition) is 2. The number of aromatic nitrogens is 2. The van der Waals surface area contributed by atoms with Crippen molar-refractivity contribution >= 4 is 13.2 Å². The number of ether oxygens (including phenoxy) is 1. The molecule has 9 heteroatoms. The zero-order valence-corrected chi connectivity index (χ0v) is 11.4. The molecule has 1 aromatic heterocycles. The summed E-state index contributed by atoms with van der Waals surface area (Å²) in [5.74, 6) is -0.328. The molecule has 0 saturated carbocycles. The van der Waals surface area contributed by atoms with Gasteiger partial charge in [0.1, 0.15) is 25.5 Å². The molecule has 0 unspecified atom stereocenters. The summed E-state index contributed by atoms with van der Waals surface area (Å²) in [5.41, 5.74) is 0.436. The zero-order valence-electron chi connectivity index (χ0n) is 11.4. The molecule has 1 aromatic rings. The number of carbonyl (C=O) groups is 1. The van der Waals surface area contributed by atoms with Crippen molar-refractivity contribution in [1.29, 1.82) is 0 Å². The lowest BCUT2D eigenvalue weighted by Crippen LogP contribution is -2.34. The Labute approximate surface area is 114 Å². The van der Waals surface area contributed by atoms with Crippen molar-refractivity contribution in [1.82, 2.24) is 4.57 Å². The number of imidazole rings is 1. The van der Waals surface area contributed by atoms with Crippen LogP contribution in [-0.4, -0.2) is 24.4 Å². The molecule has 0 amide bonds. The lowest BCUT2D eigenvalue weighted by atomic mass is 10.3. The number of hydrogen-bond donors (Lipinski definition) is 0. The van der Waals surface area contributed by atoms with Crippen molar-refractivity contribution in [2.75, 3.05) is 6.61 Å². The predicted octanol–water partition coefficient (Wildman–Crippen LogP) is 2.21. The molecule has 0 atom stereocenters. The number of halogens is 4. The second-order valence-electron chi connectivity index (χ2n) is 3.89. The van der Waals surface area contributed by atoms with Crippen LogP contribution in [0.5, 0.6) is 0 Å². The van der Waals surface area contributed by atoms with Gasteiger partial charge < -0.3 is 22.0 Å². The van der Waals surface area contributed by atoms with Crippen LogP contribution in [-0.2, 0) is 22.6 Å². The molecule has 114 valence electrons. The van der Waals surface area contributed by atoms with Gasteiger partial charge in [-0.05, 0) is 13.8 Å². The third kappa shape index (κ3) is 10.2. The Kier molecular flexibility index (Phi) is 7.64. The average molecular weight is 296 g/mol. The molecule has 0 fully saturated rings. The van der Waals surface area contributed by atoms with Crippen molar-refractivity contribution in [3.05, 3.63) is 30.9 Å². The molecule has 0 aromatic carbocycles. The lowest BCUT2D eigenvalue weighted by Gasteiger charge is -2.01. The van der Waals surface area contributed by atoms with Crippen LogP contribution in [0.4, 0.5) is 17.3 Å². The number of nitrogens with zero attached hydrogens (tertiary/aromatic N) is 2. The van der Waals surface area contributed by atoms with Crippen molar-refractivity contribution in [2.45, 2.75) is 26.9 Å². The summed E-state index contributed by atoms with van der Waals surface area (Å²) in [6, 6.07) is 0. The normalized spacial score (nSPS) is 10.5. The highest BCUT2D eigenvalue weighted by molar-refractivity contribution is 6.50. The number of esters is 1. The zero-order chi connectivity index (χ0) is 15.8. The van der Waals surface area contributed by atoms with Gasteiger partial charge in [0.2, 0.25) is 6.33 Å². The maximum atomic E-state index is 11.1. The minimum absolute atomic E-state index is 0.328. The van der Waals surface area contributed by atoms with E-state index in [4.69, 9.17) is 4.74 Å². The maximum absolute atomic E-state index is 11.1. The summed E-state index contributed by atoms with van der Waals surface area (Å²) in [5, 5.41) is 0. The Bertz CT molecular complexity index is 440. The minimum Gasteiger partial charge on any atom is -0.458 e.